The van der Waals surface area contributed by atoms with Gasteiger partial charge in [-0.15, -0.1) is 0 Å². The second-order valence-corrected chi connectivity index (χ2v) is 11.5. The van der Waals surface area contributed by atoms with Crippen LogP contribution in [0.15, 0.2) is 66.7 Å². The third-order valence-corrected chi connectivity index (χ3v) is 6.29. The maximum Gasteiger partial charge on any atom is 0.375 e. The zero-order valence-corrected chi connectivity index (χ0v) is 24.2. The first-order valence-corrected chi connectivity index (χ1v) is 13.5. The molecule has 0 aliphatic carbocycles. The van der Waals surface area contributed by atoms with Crippen molar-refractivity contribution in [3.8, 4) is 0 Å². The monoisotopic (exact) mass is 549 g/mol. The maximum absolute atomic E-state index is 14.0. The molecule has 3 rings (SSSR count). The maximum atomic E-state index is 14.0. The van der Waals surface area contributed by atoms with Crippen molar-refractivity contribution in [2.24, 2.45) is 5.92 Å². The molecule has 1 N–H and O–H groups in total. The van der Waals surface area contributed by atoms with Gasteiger partial charge in [-0.05, 0) is 59.6 Å². The minimum absolute atomic E-state index is 0.537. The summed E-state index contributed by atoms with van der Waals surface area (Å²) < 4.78 is 16.7. The van der Waals surface area contributed by atoms with Crippen LogP contribution in [0.25, 0.3) is 6.08 Å². The van der Waals surface area contributed by atoms with Crippen LogP contribution in [0, 0.1) is 5.92 Å². The molecule has 0 aromatic heterocycles. The molecular weight excluding hydrogens is 510 g/mol. The number of ketones is 1. The van der Waals surface area contributed by atoms with Crippen molar-refractivity contribution in [3.05, 3.63) is 77.9 Å². The quantitative estimate of drug-likeness (QED) is 0.274. The molecule has 0 amide bonds. The highest BCUT2D eigenvalue weighted by molar-refractivity contribution is 6.36. The van der Waals surface area contributed by atoms with Crippen LogP contribution in [0.2, 0.25) is 0 Å². The van der Waals surface area contributed by atoms with E-state index in [9.17, 15) is 19.2 Å². The molecule has 0 bridgehead atoms. The Labute approximate surface area is 236 Å². The lowest BCUT2D eigenvalue weighted by Gasteiger charge is -2.32. The largest absolute Gasteiger partial charge is 0.461 e. The number of benzene rings is 2. The summed E-state index contributed by atoms with van der Waals surface area (Å²) in [5.41, 5.74) is -1.42. The lowest BCUT2D eigenvalue weighted by Crippen LogP contribution is -2.57. The number of Topliss-reactive ketones (excluding diaryl/α,β-unsaturated/α-hetero) is 1. The van der Waals surface area contributed by atoms with Crippen molar-refractivity contribution in [3.63, 3.8) is 0 Å². The molecular formula is C32H39NO7. The van der Waals surface area contributed by atoms with Crippen LogP contribution >= 0.6 is 0 Å². The van der Waals surface area contributed by atoms with Crippen LogP contribution in [-0.2, 0) is 33.4 Å². The first-order valence-electron chi connectivity index (χ1n) is 13.5. The Balaban J connectivity index is 2.31. The van der Waals surface area contributed by atoms with Gasteiger partial charge in [0.25, 0.3) is 0 Å². The molecule has 0 saturated carbocycles. The number of carbonyl (C=O) groups excluding carboxylic acids is 4. The molecule has 1 aliphatic heterocycles. The number of carbonyl (C=O) groups is 4. The van der Waals surface area contributed by atoms with Gasteiger partial charge in [0.05, 0.1) is 18.1 Å². The second kappa shape index (κ2) is 12.6. The Morgan fingerprint density at radius 3 is 1.93 bits per heavy atom. The minimum Gasteiger partial charge on any atom is -0.461 e. The number of rotatable bonds is 9. The highest BCUT2D eigenvalue weighted by Gasteiger charge is 2.64. The van der Waals surface area contributed by atoms with Gasteiger partial charge in [-0.3, -0.25) is 14.9 Å². The Hall–Kier alpha value is -3.78. The van der Waals surface area contributed by atoms with E-state index in [1.807, 2.05) is 30.3 Å². The van der Waals surface area contributed by atoms with Crippen LogP contribution in [0.3, 0.4) is 0 Å². The van der Waals surface area contributed by atoms with E-state index in [0.29, 0.717) is 5.56 Å². The van der Waals surface area contributed by atoms with E-state index in [2.05, 4.69) is 5.32 Å². The zero-order valence-electron chi connectivity index (χ0n) is 24.2. The van der Waals surface area contributed by atoms with Gasteiger partial charge in [0.1, 0.15) is 17.2 Å². The molecule has 0 unspecified atom stereocenters. The summed E-state index contributed by atoms with van der Waals surface area (Å²) in [5.74, 6) is -5.84. The lowest BCUT2D eigenvalue weighted by molar-refractivity contribution is -0.163. The first kappa shape index (κ1) is 30.8. The highest BCUT2D eigenvalue weighted by atomic mass is 16.6. The van der Waals surface area contributed by atoms with Crippen molar-refractivity contribution in [1.29, 1.82) is 0 Å². The molecule has 2 aromatic rings. The van der Waals surface area contributed by atoms with Crippen LogP contribution in [0.1, 0.15) is 65.5 Å². The predicted octanol–water partition coefficient (Wildman–Crippen LogP) is 4.62. The van der Waals surface area contributed by atoms with E-state index in [1.54, 1.807) is 84.9 Å². The summed E-state index contributed by atoms with van der Waals surface area (Å²) in [6.07, 6.45) is 2.07. The fourth-order valence-corrected chi connectivity index (χ4v) is 4.82. The number of nitrogens with one attached hydrogen (secondary N) is 1. The fourth-order valence-electron chi connectivity index (χ4n) is 4.82. The Morgan fingerprint density at radius 2 is 1.40 bits per heavy atom. The molecule has 1 saturated heterocycles. The normalized spacial score (nSPS) is 22.9. The van der Waals surface area contributed by atoms with Crippen LogP contribution in [0.4, 0.5) is 0 Å². The Bertz CT molecular complexity index is 1230. The molecule has 4 atom stereocenters. The minimum atomic E-state index is -1.89. The van der Waals surface area contributed by atoms with Gasteiger partial charge in [0.15, 0.2) is 0 Å². The first-order chi connectivity index (χ1) is 18.7. The van der Waals surface area contributed by atoms with E-state index >= 15 is 0 Å². The summed E-state index contributed by atoms with van der Waals surface area (Å²) in [5, 5.41) is 3.13. The third kappa shape index (κ3) is 7.24. The van der Waals surface area contributed by atoms with Crippen molar-refractivity contribution in [2.45, 2.75) is 83.8 Å². The average molecular weight is 550 g/mol. The standard InChI is InChI=1S/C32H39NO7/c1-20(2)38-29(36)27(34)25-24(23-16-12-9-13-17-23)26(28(35)40-31(5,6)7)33-32(25,30(37)39-21(3)4)19-18-22-14-10-8-11-15-22/h8-21,24-26,33H,1-7H3/b19-18+/t24-,25+,26-,32+/m1/s1. The van der Waals surface area contributed by atoms with E-state index in [0.717, 1.165) is 5.56 Å². The molecule has 1 heterocycles. The molecule has 214 valence electrons. The van der Waals surface area contributed by atoms with Crippen LogP contribution < -0.4 is 5.32 Å². The summed E-state index contributed by atoms with van der Waals surface area (Å²) >= 11 is 0. The van der Waals surface area contributed by atoms with E-state index < -0.39 is 64.9 Å². The van der Waals surface area contributed by atoms with Crippen LogP contribution in [-0.4, -0.2) is 53.1 Å². The van der Waals surface area contributed by atoms with E-state index in [1.165, 1.54) is 6.08 Å². The second-order valence-electron chi connectivity index (χ2n) is 11.5. The molecule has 1 fully saturated rings. The van der Waals surface area contributed by atoms with Gasteiger partial charge in [-0.2, -0.15) is 0 Å². The fraction of sp³-hybridized carbons (Fsp3) is 0.438. The van der Waals surface area contributed by atoms with Crippen molar-refractivity contribution >= 4 is 29.8 Å². The molecule has 40 heavy (non-hydrogen) atoms. The van der Waals surface area contributed by atoms with Gasteiger partial charge in [0.2, 0.25) is 5.78 Å². The average Bonchev–Trinajstić information content (AvgIpc) is 3.23. The smallest absolute Gasteiger partial charge is 0.375 e. The van der Waals surface area contributed by atoms with E-state index in [4.69, 9.17) is 14.2 Å². The SMILES string of the molecule is CC(C)OC(=O)C(=O)[C@@H]1[C@@H](c2ccccc2)[C@H](C(=O)OC(C)(C)C)N[C@]1(/C=C/c1ccccc1)C(=O)OC(C)C. The topological polar surface area (TPSA) is 108 Å². The van der Waals surface area contributed by atoms with E-state index in [-0.39, 0.29) is 0 Å². The van der Waals surface area contributed by atoms with Crippen molar-refractivity contribution < 1.29 is 33.4 Å². The number of esters is 3. The molecule has 8 heteroatoms. The number of ether oxygens (including phenoxy) is 3. The van der Waals surface area contributed by atoms with Gasteiger partial charge in [-0.1, -0.05) is 72.8 Å². The highest BCUT2D eigenvalue weighted by Crippen LogP contribution is 2.46. The molecule has 0 spiro atoms. The number of hydrogen-bond acceptors (Lipinski definition) is 8. The summed E-state index contributed by atoms with van der Waals surface area (Å²) in [4.78, 5) is 54.8. The van der Waals surface area contributed by atoms with Gasteiger partial charge in [0, 0.05) is 5.92 Å². The number of hydrogen-bond donors (Lipinski definition) is 1. The molecule has 0 radical (unpaired) electrons. The Kier molecular flexibility index (Phi) is 9.69. The van der Waals surface area contributed by atoms with Crippen molar-refractivity contribution in [1.82, 2.24) is 5.32 Å². The Morgan fingerprint density at radius 1 is 0.850 bits per heavy atom. The van der Waals surface area contributed by atoms with Crippen molar-refractivity contribution in [2.75, 3.05) is 0 Å². The molecule has 1 aliphatic rings. The third-order valence-electron chi connectivity index (χ3n) is 6.29. The summed E-state index contributed by atoms with van der Waals surface area (Å²) in [6.45, 7) is 11.8. The van der Waals surface area contributed by atoms with Crippen LogP contribution in [0.5, 0.6) is 0 Å². The summed E-state index contributed by atoms with van der Waals surface area (Å²) in [7, 11) is 0. The zero-order chi connectivity index (χ0) is 29.7. The summed E-state index contributed by atoms with van der Waals surface area (Å²) in [6, 6.07) is 16.9. The van der Waals surface area contributed by atoms with Gasteiger partial charge >= 0.3 is 17.9 Å². The molecule has 8 nitrogen and oxygen atoms in total. The predicted molar refractivity (Wildman–Crippen MR) is 151 cm³/mol. The lowest BCUT2D eigenvalue weighted by atomic mass is 9.72. The molecule has 2 aromatic carbocycles. The van der Waals surface area contributed by atoms with Gasteiger partial charge < -0.3 is 14.2 Å². The van der Waals surface area contributed by atoms with Gasteiger partial charge in [-0.25, -0.2) is 9.59 Å².